The summed E-state index contributed by atoms with van der Waals surface area (Å²) in [4.78, 5) is 32.8. The van der Waals surface area contributed by atoms with Crippen LogP contribution in [-0.4, -0.2) is 64.4 Å². The van der Waals surface area contributed by atoms with Gasteiger partial charge in [-0.3, -0.25) is 9.59 Å². The number of hydrogen-bond donors (Lipinski definition) is 2. The van der Waals surface area contributed by atoms with E-state index in [4.69, 9.17) is 4.98 Å². The molecule has 9 atom stereocenters. The lowest BCUT2D eigenvalue weighted by molar-refractivity contribution is -0.210. The molecular formula is C32H34F2N2O4. The van der Waals surface area contributed by atoms with Crippen LogP contribution >= 0.6 is 0 Å². The molecule has 3 saturated carbocycles. The summed E-state index contributed by atoms with van der Waals surface area (Å²) in [6.07, 6.45) is 1.24. The van der Waals surface area contributed by atoms with E-state index in [1.807, 2.05) is 43.3 Å². The van der Waals surface area contributed by atoms with E-state index in [9.17, 15) is 19.8 Å². The fourth-order valence-electron chi connectivity index (χ4n) is 9.83. The second-order valence-electron chi connectivity index (χ2n) is 13.1. The van der Waals surface area contributed by atoms with Crippen LogP contribution in [0, 0.1) is 34.0 Å². The lowest BCUT2D eigenvalue weighted by Crippen LogP contribution is -2.69. The Labute approximate surface area is 231 Å². The van der Waals surface area contributed by atoms with Gasteiger partial charge in [0.25, 0.3) is 0 Å². The lowest BCUT2D eigenvalue weighted by atomic mass is 9.43. The molecule has 5 aliphatic rings. The maximum Gasteiger partial charge on any atom is 0.178 e. The molecule has 1 saturated heterocycles. The molecule has 210 valence electrons. The van der Waals surface area contributed by atoms with E-state index in [2.05, 4.69) is 4.90 Å². The number of allylic oxidation sites excluding steroid dienone is 4. The number of nitrogens with zero attached hydrogens (tertiary/aromatic N) is 2. The van der Waals surface area contributed by atoms with Crippen LogP contribution in [0.25, 0.3) is 10.9 Å². The topological polar surface area (TPSA) is 90.7 Å². The molecular weight excluding hydrogens is 514 g/mol. The van der Waals surface area contributed by atoms with E-state index < -0.39 is 46.7 Å². The number of rotatable bonds is 3. The Hall–Kier alpha value is -2.97. The van der Waals surface area contributed by atoms with Crippen molar-refractivity contribution in [3.8, 4) is 0 Å². The van der Waals surface area contributed by atoms with E-state index >= 15 is 8.78 Å². The first kappa shape index (κ1) is 26.0. The number of aromatic nitrogens is 1. The highest BCUT2D eigenvalue weighted by Gasteiger charge is 2.78. The maximum absolute atomic E-state index is 17.5. The van der Waals surface area contributed by atoms with Crippen molar-refractivity contribution in [2.24, 2.45) is 34.0 Å². The van der Waals surface area contributed by atoms with Gasteiger partial charge in [-0.1, -0.05) is 31.2 Å². The first-order valence-corrected chi connectivity index (χ1v) is 14.2. The van der Waals surface area contributed by atoms with Crippen molar-refractivity contribution in [1.82, 2.24) is 4.98 Å². The minimum absolute atomic E-state index is 0.00744. The maximum atomic E-state index is 17.5. The summed E-state index contributed by atoms with van der Waals surface area (Å²) in [5.41, 5.74) is -4.63. The minimum atomic E-state index is -2.19. The van der Waals surface area contributed by atoms with Crippen LogP contribution in [0.2, 0.25) is 0 Å². The quantitative estimate of drug-likeness (QED) is 0.599. The number of anilines is 1. The predicted molar refractivity (Wildman–Crippen MR) is 146 cm³/mol. The molecule has 2 heterocycles. The molecule has 4 aliphatic carbocycles. The lowest BCUT2D eigenvalue weighted by Gasteiger charge is -2.63. The third-order valence-corrected chi connectivity index (χ3v) is 11.7. The number of halogens is 2. The molecule has 8 heteroatoms. The van der Waals surface area contributed by atoms with Crippen LogP contribution in [0.5, 0.6) is 0 Å². The number of fused-ring (bicyclic) bond motifs is 8. The fourth-order valence-corrected chi connectivity index (χ4v) is 9.83. The van der Waals surface area contributed by atoms with Crippen molar-refractivity contribution in [2.75, 3.05) is 24.6 Å². The zero-order valence-corrected chi connectivity index (χ0v) is 22.7. The van der Waals surface area contributed by atoms with Gasteiger partial charge >= 0.3 is 0 Å². The zero-order chi connectivity index (χ0) is 28.2. The van der Waals surface area contributed by atoms with Gasteiger partial charge in [-0.2, -0.15) is 0 Å². The number of ketones is 2. The van der Waals surface area contributed by atoms with Gasteiger partial charge in [-0.25, -0.2) is 13.8 Å². The highest BCUT2D eigenvalue weighted by Crippen LogP contribution is 2.74. The second-order valence-corrected chi connectivity index (χ2v) is 13.1. The fraction of sp³-hybridized carbons (Fsp3) is 0.531. The van der Waals surface area contributed by atoms with Crippen LogP contribution in [0.1, 0.15) is 33.1 Å². The van der Waals surface area contributed by atoms with E-state index in [0.717, 1.165) is 16.7 Å². The molecule has 1 aromatic carbocycles. The molecule has 0 unspecified atom stereocenters. The Bertz CT molecular complexity index is 1510. The summed E-state index contributed by atoms with van der Waals surface area (Å²) < 4.78 is 33.3. The molecule has 0 bridgehead atoms. The molecule has 6 nitrogen and oxygen atoms in total. The number of carbonyl (C=O) groups excluding carboxylic acids is 2. The Morgan fingerprint density at radius 2 is 1.93 bits per heavy atom. The van der Waals surface area contributed by atoms with Crippen LogP contribution in [0.15, 0.2) is 60.2 Å². The van der Waals surface area contributed by atoms with Gasteiger partial charge < -0.3 is 15.1 Å². The Morgan fingerprint density at radius 1 is 1.15 bits per heavy atom. The highest BCUT2D eigenvalue weighted by atomic mass is 19.1. The van der Waals surface area contributed by atoms with E-state index in [1.54, 1.807) is 6.92 Å². The highest BCUT2D eigenvalue weighted by molar-refractivity contribution is 6.01. The number of aliphatic hydroxyl groups excluding tert-OH is 2. The molecule has 0 spiro atoms. The number of alkyl halides is 2. The van der Waals surface area contributed by atoms with Gasteiger partial charge in [0.1, 0.15) is 18.6 Å². The normalized spacial score (nSPS) is 43.6. The number of carbonyl (C=O) groups is 2. The predicted octanol–water partition coefficient (Wildman–Crippen LogP) is 4.15. The van der Waals surface area contributed by atoms with E-state index in [0.29, 0.717) is 19.5 Å². The number of para-hydroxylation sites is 1. The number of hydrogen-bond acceptors (Lipinski definition) is 6. The van der Waals surface area contributed by atoms with Crippen molar-refractivity contribution >= 4 is 28.3 Å². The molecule has 1 aliphatic heterocycles. The minimum Gasteiger partial charge on any atom is -0.390 e. The van der Waals surface area contributed by atoms with Gasteiger partial charge in [0.2, 0.25) is 0 Å². The summed E-state index contributed by atoms with van der Waals surface area (Å²) in [7, 11) is 0. The van der Waals surface area contributed by atoms with Crippen molar-refractivity contribution in [3.05, 3.63) is 60.2 Å². The van der Waals surface area contributed by atoms with Gasteiger partial charge in [-0.15, -0.1) is 0 Å². The molecule has 1 aromatic heterocycles. The average Bonchev–Trinajstić information content (AvgIpc) is 3.44. The van der Waals surface area contributed by atoms with Crippen LogP contribution < -0.4 is 4.90 Å². The number of Topliss-reactive ketones (excluding diaryl/α,β-unsaturated/α-hetero) is 1. The summed E-state index contributed by atoms with van der Waals surface area (Å²) in [6.45, 7) is 3.67. The van der Waals surface area contributed by atoms with Crippen LogP contribution in [0.3, 0.4) is 0 Å². The molecule has 7 rings (SSSR count). The van der Waals surface area contributed by atoms with Gasteiger partial charge in [0, 0.05) is 29.8 Å². The number of benzene rings is 1. The van der Waals surface area contributed by atoms with E-state index in [1.165, 1.54) is 18.2 Å². The summed E-state index contributed by atoms with van der Waals surface area (Å²) in [6, 6.07) is 11.7. The molecule has 2 N–H and O–H groups in total. The summed E-state index contributed by atoms with van der Waals surface area (Å²) >= 11 is 0. The van der Waals surface area contributed by atoms with Crippen molar-refractivity contribution in [3.63, 3.8) is 0 Å². The average molecular weight is 549 g/mol. The Balaban J connectivity index is 1.31. The monoisotopic (exact) mass is 548 g/mol. The summed E-state index contributed by atoms with van der Waals surface area (Å²) in [5.74, 6) is -1.40. The van der Waals surface area contributed by atoms with Gasteiger partial charge in [0.05, 0.1) is 17.0 Å². The first-order valence-electron chi connectivity index (χ1n) is 14.2. The van der Waals surface area contributed by atoms with Crippen LogP contribution in [-0.2, 0) is 9.59 Å². The molecule has 0 radical (unpaired) electrons. The van der Waals surface area contributed by atoms with Crippen molar-refractivity contribution in [1.29, 1.82) is 0 Å². The van der Waals surface area contributed by atoms with Crippen molar-refractivity contribution in [2.45, 2.75) is 51.1 Å². The van der Waals surface area contributed by atoms with Crippen molar-refractivity contribution < 1.29 is 28.6 Å². The smallest absolute Gasteiger partial charge is 0.178 e. The molecule has 0 amide bonds. The SMILES string of the molecule is C[C@]12C=CC(=O)C=C1[C@@H](F)C[C@H]1[C@@H]3C[C@H]4CN(c5ccc6ccccc6n5)C[C@]4(C(=O)CO)[C@@]3(C)C[C@H](O)[C@@]12F. The number of aliphatic hydroxyl groups is 2. The van der Waals surface area contributed by atoms with E-state index in [-0.39, 0.29) is 41.8 Å². The zero-order valence-electron chi connectivity index (χ0n) is 22.7. The third-order valence-electron chi connectivity index (χ3n) is 11.7. The first-order chi connectivity index (χ1) is 19.0. The van der Waals surface area contributed by atoms with Gasteiger partial charge in [-0.05, 0) is 79.4 Å². The summed E-state index contributed by atoms with van der Waals surface area (Å²) in [5, 5.41) is 22.9. The molecule has 2 aromatic rings. The Kier molecular flexibility index (Phi) is 5.38. The third kappa shape index (κ3) is 2.96. The van der Waals surface area contributed by atoms with Crippen LogP contribution in [0.4, 0.5) is 14.6 Å². The number of pyridine rings is 1. The second kappa shape index (κ2) is 8.29. The standard InChI is InChI=1S/C32H34F2N2O4/c1-29-10-9-20(38)12-23(29)24(33)13-22-21-11-19-15-36(28-8-7-18-5-3-4-6-25(18)35-28)17-31(19,27(40)16-37)30(21,2)14-26(39)32(22,29)34/h3-10,12,19,21-22,24,26,37,39H,11,13-17H2,1-2H3/t19-,21-,22-,24-,26-,29-,30-,31-,32-/m0/s1. The molecule has 4 fully saturated rings. The molecule has 40 heavy (non-hydrogen) atoms. The van der Waals surface area contributed by atoms with Gasteiger partial charge in [0.15, 0.2) is 17.2 Å². The Morgan fingerprint density at radius 3 is 2.70 bits per heavy atom. The largest absolute Gasteiger partial charge is 0.390 e.